The Balaban J connectivity index is 1.74. The maximum absolute atomic E-state index is 12.4. The second-order valence-corrected chi connectivity index (χ2v) is 5.72. The number of carbonyl (C=O) groups excluding carboxylic acids is 2. The first kappa shape index (κ1) is 14.9. The molecule has 1 aliphatic heterocycles. The van der Waals surface area contributed by atoms with E-state index in [0.29, 0.717) is 18.2 Å². The monoisotopic (exact) mass is 321 g/mol. The molecular formula is C15H16ClN3O3. The number of nitrogens with one attached hydrogen (secondary N) is 1. The number of primary amides is 1. The number of hydrogen-bond acceptors (Lipinski definition) is 3. The molecule has 7 heteroatoms. The molecule has 0 aliphatic carbocycles. The molecule has 1 aromatic heterocycles. The molecule has 1 atom stereocenters. The first-order valence-corrected chi connectivity index (χ1v) is 7.36. The van der Waals surface area contributed by atoms with Gasteiger partial charge in [-0.25, -0.2) is 0 Å². The van der Waals surface area contributed by atoms with Crippen molar-refractivity contribution in [2.24, 2.45) is 5.73 Å². The van der Waals surface area contributed by atoms with Crippen LogP contribution in [0.1, 0.15) is 5.56 Å². The molecule has 22 heavy (non-hydrogen) atoms. The van der Waals surface area contributed by atoms with E-state index in [1.54, 1.807) is 11.0 Å². The van der Waals surface area contributed by atoms with E-state index in [4.69, 9.17) is 22.1 Å². The van der Waals surface area contributed by atoms with E-state index < -0.39 is 12.0 Å². The lowest BCUT2D eigenvalue weighted by molar-refractivity contribution is -0.145. The van der Waals surface area contributed by atoms with Crippen LogP contribution in [0, 0.1) is 0 Å². The van der Waals surface area contributed by atoms with E-state index in [0.717, 1.165) is 16.5 Å². The van der Waals surface area contributed by atoms with Gasteiger partial charge in [-0.3, -0.25) is 9.59 Å². The minimum atomic E-state index is -0.723. The van der Waals surface area contributed by atoms with E-state index in [-0.39, 0.29) is 18.9 Å². The molecule has 1 aliphatic rings. The number of benzene rings is 1. The average Bonchev–Trinajstić information content (AvgIpc) is 2.89. The summed E-state index contributed by atoms with van der Waals surface area (Å²) in [6.45, 7) is 1.00. The molecule has 1 fully saturated rings. The summed E-state index contributed by atoms with van der Waals surface area (Å²) < 4.78 is 5.25. The number of aromatic nitrogens is 1. The molecule has 116 valence electrons. The Labute approximate surface area is 132 Å². The van der Waals surface area contributed by atoms with E-state index in [1.807, 2.05) is 18.3 Å². The first-order valence-electron chi connectivity index (χ1n) is 6.99. The normalized spacial score (nSPS) is 18.6. The van der Waals surface area contributed by atoms with Crippen molar-refractivity contribution in [2.45, 2.75) is 12.5 Å². The van der Waals surface area contributed by atoms with Gasteiger partial charge in [0.1, 0.15) is 0 Å². The standard InChI is InChI=1S/C15H16ClN3O3/c16-10-1-2-11-9(7-18-12(11)6-10)5-14(20)19-3-4-22-13(8-19)15(17)21/h1-2,6-7,13,18H,3-5,8H2,(H2,17,21). The van der Waals surface area contributed by atoms with E-state index in [9.17, 15) is 9.59 Å². The van der Waals surface area contributed by atoms with Gasteiger partial charge in [-0.15, -0.1) is 0 Å². The van der Waals surface area contributed by atoms with Crippen LogP contribution in [0.15, 0.2) is 24.4 Å². The fourth-order valence-electron chi connectivity index (χ4n) is 2.63. The van der Waals surface area contributed by atoms with Gasteiger partial charge in [-0.05, 0) is 17.7 Å². The molecule has 0 bridgehead atoms. The lowest BCUT2D eigenvalue weighted by Gasteiger charge is -2.31. The van der Waals surface area contributed by atoms with Gasteiger partial charge in [0, 0.05) is 28.7 Å². The van der Waals surface area contributed by atoms with Crippen molar-refractivity contribution in [3.05, 3.63) is 35.0 Å². The number of morpholine rings is 1. The number of nitrogens with two attached hydrogens (primary N) is 1. The number of halogens is 1. The minimum Gasteiger partial charge on any atom is -0.367 e. The summed E-state index contributed by atoms with van der Waals surface area (Å²) in [5.74, 6) is -0.593. The predicted molar refractivity (Wildman–Crippen MR) is 82.5 cm³/mol. The highest BCUT2D eigenvalue weighted by Crippen LogP contribution is 2.23. The van der Waals surface area contributed by atoms with E-state index in [1.165, 1.54) is 0 Å². The first-order chi connectivity index (χ1) is 10.5. The molecule has 1 saturated heterocycles. The Morgan fingerprint density at radius 1 is 1.45 bits per heavy atom. The average molecular weight is 322 g/mol. The summed E-state index contributed by atoms with van der Waals surface area (Å²) in [6.07, 6.45) is 1.34. The topological polar surface area (TPSA) is 88.4 Å². The van der Waals surface area contributed by atoms with Gasteiger partial charge in [-0.1, -0.05) is 17.7 Å². The Morgan fingerprint density at radius 3 is 3.05 bits per heavy atom. The molecule has 3 N–H and O–H groups in total. The molecule has 6 nitrogen and oxygen atoms in total. The third-order valence-electron chi connectivity index (χ3n) is 3.81. The molecule has 2 amide bonds. The van der Waals surface area contributed by atoms with Gasteiger partial charge in [0.25, 0.3) is 0 Å². The van der Waals surface area contributed by atoms with Gasteiger partial charge >= 0.3 is 0 Å². The van der Waals surface area contributed by atoms with Crippen LogP contribution in [0.4, 0.5) is 0 Å². The summed E-state index contributed by atoms with van der Waals surface area (Å²) >= 11 is 5.95. The number of carbonyl (C=O) groups is 2. The summed E-state index contributed by atoms with van der Waals surface area (Å²) in [5, 5.41) is 1.61. The molecule has 0 radical (unpaired) electrons. The SMILES string of the molecule is NC(=O)C1CN(C(=O)Cc2c[nH]c3cc(Cl)ccc23)CCO1. The molecule has 0 spiro atoms. The van der Waals surface area contributed by atoms with Crippen molar-refractivity contribution in [3.63, 3.8) is 0 Å². The number of ether oxygens (including phenoxy) is 1. The summed E-state index contributed by atoms with van der Waals surface area (Å²) in [5.41, 5.74) is 7.03. The van der Waals surface area contributed by atoms with Gasteiger partial charge in [-0.2, -0.15) is 0 Å². The van der Waals surface area contributed by atoms with E-state index in [2.05, 4.69) is 4.98 Å². The zero-order valence-electron chi connectivity index (χ0n) is 11.8. The maximum atomic E-state index is 12.4. The van der Waals surface area contributed by atoms with Crippen LogP contribution in [-0.2, 0) is 20.7 Å². The van der Waals surface area contributed by atoms with Crippen LogP contribution >= 0.6 is 11.6 Å². The van der Waals surface area contributed by atoms with Crippen LogP contribution < -0.4 is 5.73 Å². The van der Waals surface area contributed by atoms with E-state index >= 15 is 0 Å². The Hall–Kier alpha value is -2.05. The van der Waals surface area contributed by atoms with Gasteiger partial charge in [0.2, 0.25) is 11.8 Å². The third kappa shape index (κ3) is 2.93. The molecule has 2 aromatic rings. The molecular weight excluding hydrogens is 306 g/mol. The summed E-state index contributed by atoms with van der Waals surface area (Å²) in [7, 11) is 0. The Morgan fingerprint density at radius 2 is 2.27 bits per heavy atom. The molecule has 3 rings (SSSR count). The highest BCUT2D eigenvalue weighted by atomic mass is 35.5. The van der Waals surface area contributed by atoms with Gasteiger partial charge < -0.3 is 20.4 Å². The number of hydrogen-bond donors (Lipinski definition) is 2. The molecule has 1 unspecified atom stereocenters. The van der Waals surface area contributed by atoms with Crippen LogP contribution in [0.3, 0.4) is 0 Å². The number of rotatable bonds is 3. The zero-order chi connectivity index (χ0) is 15.7. The van der Waals surface area contributed by atoms with Crippen molar-refractivity contribution in [3.8, 4) is 0 Å². The number of aromatic amines is 1. The van der Waals surface area contributed by atoms with Crippen LogP contribution in [0.2, 0.25) is 5.02 Å². The minimum absolute atomic E-state index is 0.0506. The largest absolute Gasteiger partial charge is 0.367 e. The van der Waals surface area contributed by atoms with Crippen molar-refractivity contribution in [1.82, 2.24) is 9.88 Å². The summed E-state index contributed by atoms with van der Waals surface area (Å²) in [6, 6.07) is 5.51. The Bertz CT molecular complexity index is 728. The second kappa shape index (κ2) is 5.98. The van der Waals surface area contributed by atoms with Crippen molar-refractivity contribution in [1.29, 1.82) is 0 Å². The number of nitrogens with zero attached hydrogens (tertiary/aromatic N) is 1. The molecule has 2 heterocycles. The highest BCUT2D eigenvalue weighted by Gasteiger charge is 2.27. The molecule has 0 saturated carbocycles. The third-order valence-corrected chi connectivity index (χ3v) is 4.04. The predicted octanol–water partition coefficient (Wildman–Crippen LogP) is 1.08. The lowest BCUT2D eigenvalue weighted by Crippen LogP contribution is -2.50. The van der Waals surface area contributed by atoms with Gasteiger partial charge in [0.05, 0.1) is 19.6 Å². The fourth-order valence-corrected chi connectivity index (χ4v) is 2.80. The maximum Gasteiger partial charge on any atom is 0.248 e. The second-order valence-electron chi connectivity index (χ2n) is 5.28. The van der Waals surface area contributed by atoms with Crippen molar-refractivity contribution < 1.29 is 14.3 Å². The number of amides is 2. The number of H-pyrrole nitrogens is 1. The van der Waals surface area contributed by atoms with Crippen LogP contribution in [0.25, 0.3) is 10.9 Å². The zero-order valence-corrected chi connectivity index (χ0v) is 12.6. The highest BCUT2D eigenvalue weighted by molar-refractivity contribution is 6.31. The van der Waals surface area contributed by atoms with Crippen LogP contribution in [-0.4, -0.2) is 47.5 Å². The Kier molecular flexibility index (Phi) is 4.04. The quantitative estimate of drug-likeness (QED) is 0.886. The van der Waals surface area contributed by atoms with Crippen LogP contribution in [0.5, 0.6) is 0 Å². The smallest absolute Gasteiger partial charge is 0.248 e. The lowest BCUT2D eigenvalue weighted by atomic mass is 10.1. The number of fused-ring (bicyclic) bond motifs is 1. The van der Waals surface area contributed by atoms with Crippen molar-refractivity contribution >= 4 is 34.3 Å². The fraction of sp³-hybridized carbons (Fsp3) is 0.333. The summed E-state index contributed by atoms with van der Waals surface area (Å²) in [4.78, 5) is 28.3. The molecule has 1 aromatic carbocycles. The van der Waals surface area contributed by atoms with Gasteiger partial charge in [0.15, 0.2) is 6.10 Å². The van der Waals surface area contributed by atoms with Crippen molar-refractivity contribution in [2.75, 3.05) is 19.7 Å².